The summed E-state index contributed by atoms with van der Waals surface area (Å²) >= 11 is 0. The Hall–Kier alpha value is -0.610. The third-order valence-corrected chi connectivity index (χ3v) is 3.69. The Bertz CT molecular complexity index is 249. The van der Waals surface area contributed by atoms with Crippen molar-refractivity contribution in [2.24, 2.45) is 11.8 Å². The van der Waals surface area contributed by atoms with Crippen molar-refractivity contribution < 1.29 is 15.0 Å². The minimum absolute atomic E-state index is 0.338. The summed E-state index contributed by atoms with van der Waals surface area (Å²) in [7, 11) is 0. The normalized spacial score (nSPS) is 20.2. The lowest BCUT2D eigenvalue weighted by Gasteiger charge is -2.20. The number of hydrogen-bond donors (Lipinski definition) is 3. The molecule has 0 aromatic carbocycles. The fourth-order valence-corrected chi connectivity index (χ4v) is 2.74. The molecule has 1 saturated carbocycles. The summed E-state index contributed by atoms with van der Waals surface area (Å²) in [6.45, 7) is 4.40. The molecule has 1 aliphatic carbocycles. The summed E-state index contributed by atoms with van der Waals surface area (Å²) in [4.78, 5) is 11.0. The van der Waals surface area contributed by atoms with Gasteiger partial charge in [0.05, 0.1) is 6.10 Å². The summed E-state index contributed by atoms with van der Waals surface area (Å²) in [6.07, 6.45) is 5.97. The number of hydrogen-bond acceptors (Lipinski definition) is 3. The number of rotatable bonds is 8. The molecule has 3 N–H and O–H groups in total. The average Bonchev–Trinajstić information content (AvgIpc) is 2.76. The number of carbonyl (C=O) groups is 1. The molecule has 18 heavy (non-hydrogen) atoms. The van der Waals surface area contributed by atoms with E-state index < -0.39 is 18.1 Å². The van der Waals surface area contributed by atoms with E-state index >= 15 is 0 Å². The van der Waals surface area contributed by atoms with Crippen LogP contribution in [0.25, 0.3) is 0 Å². The first-order valence-electron chi connectivity index (χ1n) is 7.13. The molecular formula is C14H27NO3. The average molecular weight is 257 g/mol. The van der Waals surface area contributed by atoms with E-state index in [0.717, 1.165) is 6.42 Å². The maximum Gasteiger partial charge on any atom is 0.320 e. The summed E-state index contributed by atoms with van der Waals surface area (Å²) < 4.78 is 0. The van der Waals surface area contributed by atoms with E-state index in [1.54, 1.807) is 0 Å². The number of carboxylic acids is 1. The van der Waals surface area contributed by atoms with Gasteiger partial charge in [-0.3, -0.25) is 4.79 Å². The van der Waals surface area contributed by atoms with Crippen molar-refractivity contribution in [2.75, 3.05) is 6.54 Å². The molecule has 106 valence electrons. The van der Waals surface area contributed by atoms with Crippen LogP contribution in [0.4, 0.5) is 0 Å². The zero-order chi connectivity index (χ0) is 13.5. The predicted molar refractivity (Wildman–Crippen MR) is 71.5 cm³/mol. The molecule has 0 saturated heterocycles. The van der Waals surface area contributed by atoms with Crippen molar-refractivity contribution in [1.82, 2.24) is 5.32 Å². The molecule has 0 spiro atoms. The summed E-state index contributed by atoms with van der Waals surface area (Å²) in [5.74, 6) is 0.150. The molecule has 0 aromatic rings. The van der Waals surface area contributed by atoms with Crippen LogP contribution in [0.1, 0.15) is 52.4 Å². The van der Waals surface area contributed by atoms with E-state index in [4.69, 9.17) is 5.11 Å². The molecular weight excluding hydrogens is 230 g/mol. The second kappa shape index (κ2) is 7.74. The Labute approximate surface area is 110 Å². The molecule has 2 unspecified atom stereocenters. The van der Waals surface area contributed by atoms with Crippen LogP contribution in [-0.2, 0) is 4.79 Å². The number of nitrogens with one attached hydrogen (secondary N) is 1. The molecule has 0 bridgehead atoms. The first kappa shape index (κ1) is 15.4. The van der Waals surface area contributed by atoms with Gasteiger partial charge in [-0.05, 0) is 24.7 Å². The van der Waals surface area contributed by atoms with Crippen molar-refractivity contribution in [3.63, 3.8) is 0 Å². The second-order valence-corrected chi connectivity index (χ2v) is 5.97. The molecule has 0 aromatic heterocycles. The lowest BCUT2D eigenvalue weighted by molar-refractivity contribution is -0.140. The molecule has 0 radical (unpaired) electrons. The molecule has 1 aliphatic rings. The van der Waals surface area contributed by atoms with Gasteiger partial charge in [-0.15, -0.1) is 0 Å². The van der Waals surface area contributed by atoms with Gasteiger partial charge >= 0.3 is 5.97 Å². The maximum absolute atomic E-state index is 11.0. The smallest absolute Gasteiger partial charge is 0.320 e. The fourth-order valence-electron chi connectivity index (χ4n) is 2.74. The van der Waals surface area contributed by atoms with Crippen LogP contribution >= 0.6 is 0 Å². The van der Waals surface area contributed by atoms with Crippen LogP contribution in [0.2, 0.25) is 0 Å². The molecule has 0 amide bonds. The SMILES string of the molecule is CC(C)CC(NCC(O)CC1CCCC1)C(=O)O. The van der Waals surface area contributed by atoms with Crippen LogP contribution in [-0.4, -0.2) is 34.9 Å². The first-order valence-corrected chi connectivity index (χ1v) is 7.13. The largest absolute Gasteiger partial charge is 0.480 e. The third kappa shape index (κ3) is 5.83. The van der Waals surface area contributed by atoms with Gasteiger partial charge in [0.1, 0.15) is 6.04 Å². The Morgan fingerprint density at radius 2 is 1.94 bits per heavy atom. The van der Waals surface area contributed by atoms with Crippen molar-refractivity contribution >= 4 is 5.97 Å². The number of aliphatic hydroxyl groups excluding tert-OH is 1. The molecule has 4 heteroatoms. The highest BCUT2D eigenvalue weighted by Gasteiger charge is 2.22. The monoisotopic (exact) mass is 257 g/mol. The van der Waals surface area contributed by atoms with Gasteiger partial charge in [-0.25, -0.2) is 0 Å². The zero-order valence-corrected chi connectivity index (χ0v) is 11.6. The van der Waals surface area contributed by atoms with E-state index in [1.807, 2.05) is 13.8 Å². The lowest BCUT2D eigenvalue weighted by atomic mass is 9.99. The minimum atomic E-state index is -0.822. The van der Waals surface area contributed by atoms with Crippen molar-refractivity contribution in [3.05, 3.63) is 0 Å². The van der Waals surface area contributed by atoms with E-state index in [2.05, 4.69) is 5.32 Å². The molecule has 2 atom stereocenters. The first-order chi connectivity index (χ1) is 8.49. The van der Waals surface area contributed by atoms with Crippen LogP contribution < -0.4 is 5.32 Å². The minimum Gasteiger partial charge on any atom is -0.480 e. The molecule has 1 fully saturated rings. The standard InChI is InChI=1S/C14H27NO3/c1-10(2)7-13(14(17)18)15-9-12(16)8-11-5-3-4-6-11/h10-13,15-16H,3-9H2,1-2H3,(H,17,18). The number of aliphatic hydroxyl groups is 1. The number of carboxylic acid groups (broad SMARTS) is 1. The number of aliphatic carboxylic acids is 1. The Kier molecular flexibility index (Phi) is 6.65. The van der Waals surface area contributed by atoms with Crippen molar-refractivity contribution in [3.8, 4) is 0 Å². The van der Waals surface area contributed by atoms with E-state index in [-0.39, 0.29) is 0 Å². The van der Waals surface area contributed by atoms with Crippen LogP contribution in [0.3, 0.4) is 0 Å². The molecule has 1 rings (SSSR count). The van der Waals surface area contributed by atoms with E-state index in [9.17, 15) is 9.90 Å². The Morgan fingerprint density at radius 3 is 2.44 bits per heavy atom. The van der Waals surface area contributed by atoms with Gasteiger partial charge < -0.3 is 15.5 Å². The topological polar surface area (TPSA) is 69.6 Å². The van der Waals surface area contributed by atoms with Crippen molar-refractivity contribution in [1.29, 1.82) is 0 Å². The Morgan fingerprint density at radius 1 is 1.33 bits per heavy atom. The highest BCUT2D eigenvalue weighted by Crippen LogP contribution is 2.28. The summed E-state index contributed by atoms with van der Waals surface area (Å²) in [6, 6.07) is -0.539. The van der Waals surface area contributed by atoms with Crippen LogP contribution in [0, 0.1) is 11.8 Å². The molecule has 0 heterocycles. The second-order valence-electron chi connectivity index (χ2n) is 5.97. The zero-order valence-electron chi connectivity index (χ0n) is 11.6. The molecule has 0 aliphatic heterocycles. The fraction of sp³-hybridized carbons (Fsp3) is 0.929. The van der Waals surface area contributed by atoms with Gasteiger partial charge in [0, 0.05) is 6.54 Å². The van der Waals surface area contributed by atoms with E-state index in [1.165, 1.54) is 25.7 Å². The highest BCUT2D eigenvalue weighted by atomic mass is 16.4. The van der Waals surface area contributed by atoms with Gasteiger partial charge in [0.25, 0.3) is 0 Å². The van der Waals surface area contributed by atoms with E-state index in [0.29, 0.717) is 24.8 Å². The van der Waals surface area contributed by atoms with Crippen molar-refractivity contribution in [2.45, 2.75) is 64.5 Å². The lowest BCUT2D eigenvalue weighted by Crippen LogP contribution is -2.42. The maximum atomic E-state index is 11.0. The Balaban J connectivity index is 2.25. The quantitative estimate of drug-likeness (QED) is 0.622. The summed E-state index contributed by atoms with van der Waals surface area (Å²) in [5.41, 5.74) is 0. The predicted octanol–water partition coefficient (Wildman–Crippen LogP) is 2.02. The van der Waals surface area contributed by atoms with Crippen LogP contribution in [0.15, 0.2) is 0 Å². The summed E-state index contributed by atoms with van der Waals surface area (Å²) in [5, 5.41) is 22.0. The van der Waals surface area contributed by atoms with Crippen LogP contribution in [0.5, 0.6) is 0 Å². The van der Waals surface area contributed by atoms with Gasteiger partial charge in [0.15, 0.2) is 0 Å². The van der Waals surface area contributed by atoms with Gasteiger partial charge in [0.2, 0.25) is 0 Å². The highest BCUT2D eigenvalue weighted by molar-refractivity contribution is 5.73. The third-order valence-electron chi connectivity index (χ3n) is 3.69. The molecule has 4 nitrogen and oxygen atoms in total. The van der Waals surface area contributed by atoms with Gasteiger partial charge in [-0.2, -0.15) is 0 Å². The van der Waals surface area contributed by atoms with Gasteiger partial charge in [-0.1, -0.05) is 39.5 Å².